The predicted molar refractivity (Wildman–Crippen MR) is 78.0 cm³/mol. The summed E-state index contributed by atoms with van der Waals surface area (Å²) < 4.78 is 31.7. The topological polar surface area (TPSA) is 75.7 Å². The molecule has 1 N–H and O–H groups in total. The molecule has 1 unspecified atom stereocenters. The molecule has 1 aliphatic heterocycles. The van der Waals surface area contributed by atoms with E-state index in [0.29, 0.717) is 13.1 Å². The van der Waals surface area contributed by atoms with Crippen LogP contribution in [0.2, 0.25) is 0 Å². The number of nitrogens with zero attached hydrogens (tertiary/aromatic N) is 1. The van der Waals surface area contributed by atoms with Gasteiger partial charge in [-0.2, -0.15) is 0 Å². The van der Waals surface area contributed by atoms with Gasteiger partial charge >= 0.3 is 6.09 Å². The molecule has 6 nitrogen and oxygen atoms in total. The van der Waals surface area contributed by atoms with Crippen LogP contribution in [0.1, 0.15) is 47.5 Å². The van der Waals surface area contributed by atoms with Crippen LogP contribution in [0.5, 0.6) is 0 Å². The summed E-state index contributed by atoms with van der Waals surface area (Å²) >= 11 is 0. The summed E-state index contributed by atoms with van der Waals surface area (Å²) in [5.74, 6) is 0. The molecule has 0 radical (unpaired) electrons. The van der Waals surface area contributed by atoms with E-state index in [-0.39, 0.29) is 12.1 Å². The summed E-state index contributed by atoms with van der Waals surface area (Å²) in [5.41, 5.74) is -0.540. The van der Waals surface area contributed by atoms with Crippen LogP contribution in [-0.4, -0.2) is 49.4 Å². The van der Waals surface area contributed by atoms with Gasteiger partial charge in [-0.25, -0.2) is 17.9 Å². The van der Waals surface area contributed by atoms with Crippen molar-refractivity contribution in [2.24, 2.45) is 0 Å². The zero-order chi connectivity index (χ0) is 15.6. The Morgan fingerprint density at radius 3 is 2.45 bits per heavy atom. The van der Waals surface area contributed by atoms with Crippen LogP contribution < -0.4 is 4.72 Å². The minimum absolute atomic E-state index is 0.233. The monoisotopic (exact) mass is 306 g/mol. The smallest absolute Gasteiger partial charge is 0.410 e. The van der Waals surface area contributed by atoms with Gasteiger partial charge in [0.15, 0.2) is 0 Å². The van der Waals surface area contributed by atoms with Crippen LogP contribution >= 0.6 is 0 Å². The molecule has 20 heavy (non-hydrogen) atoms. The third kappa shape index (κ3) is 5.28. The first-order valence-electron chi connectivity index (χ1n) is 7.00. The lowest BCUT2D eigenvalue weighted by Crippen LogP contribution is -2.51. The Labute approximate surface area is 121 Å². The molecule has 0 spiro atoms. The van der Waals surface area contributed by atoms with E-state index in [4.69, 9.17) is 4.74 Å². The zero-order valence-corrected chi connectivity index (χ0v) is 13.8. The minimum atomic E-state index is -3.31. The zero-order valence-electron chi connectivity index (χ0n) is 13.0. The van der Waals surface area contributed by atoms with Crippen LogP contribution in [0.15, 0.2) is 0 Å². The van der Waals surface area contributed by atoms with Gasteiger partial charge in [-0.15, -0.1) is 0 Å². The van der Waals surface area contributed by atoms with Crippen molar-refractivity contribution in [2.75, 3.05) is 13.1 Å². The molecule has 1 heterocycles. The molecule has 7 heteroatoms. The van der Waals surface area contributed by atoms with Gasteiger partial charge in [0, 0.05) is 19.1 Å². The first-order chi connectivity index (χ1) is 9.01. The van der Waals surface area contributed by atoms with Crippen molar-refractivity contribution in [1.29, 1.82) is 0 Å². The number of ether oxygens (including phenoxy) is 1. The highest BCUT2D eigenvalue weighted by Gasteiger charge is 2.30. The van der Waals surface area contributed by atoms with Crippen LogP contribution in [0.3, 0.4) is 0 Å². The summed E-state index contributed by atoms with van der Waals surface area (Å²) in [5, 5.41) is -0.473. The van der Waals surface area contributed by atoms with E-state index in [9.17, 15) is 13.2 Å². The lowest BCUT2D eigenvalue weighted by molar-refractivity contribution is 0.0195. The second kappa shape index (κ2) is 6.30. The fourth-order valence-electron chi connectivity index (χ4n) is 1.93. The quantitative estimate of drug-likeness (QED) is 0.861. The van der Waals surface area contributed by atoms with E-state index in [1.54, 1.807) is 18.7 Å². The molecule has 0 aliphatic carbocycles. The van der Waals surface area contributed by atoms with Crippen molar-refractivity contribution >= 4 is 16.1 Å². The van der Waals surface area contributed by atoms with Crippen molar-refractivity contribution in [3.05, 3.63) is 0 Å². The van der Waals surface area contributed by atoms with E-state index in [1.165, 1.54) is 0 Å². The number of nitrogens with one attached hydrogen (secondary N) is 1. The van der Waals surface area contributed by atoms with E-state index >= 15 is 0 Å². The number of carbonyl (C=O) groups excluding carboxylic acids is 1. The average molecular weight is 306 g/mol. The van der Waals surface area contributed by atoms with Crippen LogP contribution in [0, 0.1) is 0 Å². The molecule has 1 atom stereocenters. The van der Waals surface area contributed by atoms with Gasteiger partial charge in [0.05, 0.1) is 5.25 Å². The van der Waals surface area contributed by atoms with Crippen molar-refractivity contribution in [1.82, 2.24) is 9.62 Å². The maximum Gasteiger partial charge on any atom is 0.410 e. The summed E-state index contributed by atoms with van der Waals surface area (Å²) in [6, 6.07) is -0.233. The van der Waals surface area contributed by atoms with Gasteiger partial charge in [0.2, 0.25) is 10.0 Å². The molecule has 0 aromatic carbocycles. The Kier molecular flexibility index (Phi) is 5.43. The highest BCUT2D eigenvalue weighted by atomic mass is 32.2. The van der Waals surface area contributed by atoms with Gasteiger partial charge in [-0.3, -0.25) is 0 Å². The number of hydrogen-bond donors (Lipinski definition) is 1. The highest BCUT2D eigenvalue weighted by molar-refractivity contribution is 7.90. The second-order valence-electron chi connectivity index (χ2n) is 6.48. The minimum Gasteiger partial charge on any atom is -0.444 e. The largest absolute Gasteiger partial charge is 0.444 e. The normalized spacial score (nSPS) is 21.1. The van der Waals surface area contributed by atoms with Gasteiger partial charge in [0.25, 0.3) is 0 Å². The molecule has 0 aromatic heterocycles. The number of piperidine rings is 1. The molecule has 0 bridgehead atoms. The Balaban J connectivity index is 2.61. The van der Waals surface area contributed by atoms with Gasteiger partial charge in [-0.05, 0) is 47.5 Å². The number of likely N-dealkylation sites (tertiary alicyclic amines) is 1. The molecule has 1 fully saturated rings. The van der Waals surface area contributed by atoms with Gasteiger partial charge in [0.1, 0.15) is 5.60 Å². The summed E-state index contributed by atoms with van der Waals surface area (Å²) in [4.78, 5) is 13.6. The first kappa shape index (κ1) is 17.2. The SMILES string of the molecule is CC(C)S(=O)(=O)NC1CCCN(C(=O)OC(C)(C)C)C1. The van der Waals surface area contributed by atoms with Crippen LogP contribution in [0.4, 0.5) is 4.79 Å². The first-order valence-corrected chi connectivity index (χ1v) is 8.55. The van der Waals surface area contributed by atoms with E-state index in [2.05, 4.69) is 4.72 Å². The lowest BCUT2D eigenvalue weighted by Gasteiger charge is -2.34. The van der Waals surface area contributed by atoms with Gasteiger partial charge in [-0.1, -0.05) is 0 Å². The molecule has 0 saturated carbocycles. The number of rotatable bonds is 3. The molecular weight excluding hydrogens is 280 g/mol. The maximum absolute atomic E-state index is 12.0. The Morgan fingerprint density at radius 2 is 1.95 bits per heavy atom. The van der Waals surface area contributed by atoms with Crippen molar-refractivity contribution in [2.45, 2.75) is 64.4 Å². The standard InChI is InChI=1S/C13H26N2O4S/c1-10(2)20(17,18)14-11-7-6-8-15(9-11)12(16)19-13(3,4)5/h10-11,14H,6-9H2,1-5H3. The molecule has 118 valence electrons. The predicted octanol–water partition coefficient (Wildman–Crippen LogP) is 1.71. The molecule has 0 aromatic rings. The Bertz CT molecular complexity index is 440. The van der Waals surface area contributed by atoms with Crippen LogP contribution in [-0.2, 0) is 14.8 Å². The van der Waals surface area contributed by atoms with E-state index in [1.807, 2.05) is 20.8 Å². The van der Waals surface area contributed by atoms with Crippen molar-refractivity contribution in [3.8, 4) is 0 Å². The van der Waals surface area contributed by atoms with E-state index < -0.39 is 20.9 Å². The molecule has 1 rings (SSSR count). The third-order valence-corrected chi connectivity index (χ3v) is 4.93. The highest BCUT2D eigenvalue weighted by Crippen LogP contribution is 2.16. The summed E-state index contributed by atoms with van der Waals surface area (Å²) in [6.07, 6.45) is 1.13. The second-order valence-corrected chi connectivity index (χ2v) is 8.75. The van der Waals surface area contributed by atoms with E-state index in [0.717, 1.165) is 12.8 Å². The molecule has 1 aliphatic rings. The van der Waals surface area contributed by atoms with Crippen LogP contribution in [0.25, 0.3) is 0 Å². The molecule has 1 amide bonds. The summed E-state index contributed by atoms with van der Waals surface area (Å²) in [7, 11) is -3.31. The fraction of sp³-hybridized carbons (Fsp3) is 0.923. The third-order valence-electron chi connectivity index (χ3n) is 3.02. The van der Waals surface area contributed by atoms with Gasteiger partial charge < -0.3 is 9.64 Å². The number of amides is 1. The fourth-order valence-corrected chi connectivity index (χ4v) is 2.86. The van der Waals surface area contributed by atoms with Crippen molar-refractivity contribution in [3.63, 3.8) is 0 Å². The number of hydrogen-bond acceptors (Lipinski definition) is 4. The Morgan fingerprint density at radius 1 is 1.35 bits per heavy atom. The average Bonchev–Trinajstić information content (AvgIpc) is 2.26. The number of sulfonamides is 1. The molecule has 1 saturated heterocycles. The van der Waals surface area contributed by atoms with Crippen molar-refractivity contribution < 1.29 is 17.9 Å². The lowest BCUT2D eigenvalue weighted by atomic mass is 10.1. The Hall–Kier alpha value is -0.820. The number of carbonyl (C=O) groups is 1. The molecular formula is C13H26N2O4S. The summed E-state index contributed by atoms with van der Waals surface area (Å²) in [6.45, 7) is 9.68. The maximum atomic E-state index is 12.0.